The van der Waals surface area contributed by atoms with Crippen molar-refractivity contribution in [2.75, 3.05) is 6.61 Å². The van der Waals surface area contributed by atoms with Gasteiger partial charge in [-0.3, -0.25) is 4.79 Å². The van der Waals surface area contributed by atoms with Crippen molar-refractivity contribution in [2.45, 2.75) is 31.7 Å². The molecule has 0 saturated carbocycles. The highest BCUT2D eigenvalue weighted by atomic mass is 35.5. The summed E-state index contributed by atoms with van der Waals surface area (Å²) >= 11 is 5.46. The molecule has 13 heavy (non-hydrogen) atoms. The first-order valence-corrected chi connectivity index (χ1v) is 4.45. The molecule has 0 aromatic heterocycles. The van der Waals surface area contributed by atoms with E-state index >= 15 is 0 Å². The number of carbonyl (C=O) groups excluding carboxylic acids is 1. The lowest BCUT2D eigenvalue weighted by Crippen LogP contribution is -2.39. The third-order valence-corrected chi connectivity index (χ3v) is 2.27. The van der Waals surface area contributed by atoms with Crippen LogP contribution in [-0.4, -0.2) is 23.2 Å². The van der Waals surface area contributed by atoms with Crippen molar-refractivity contribution in [2.24, 2.45) is 0 Å². The lowest BCUT2D eigenvalue weighted by atomic mass is 10.0. The Kier molecular flexibility index (Phi) is 2.80. The summed E-state index contributed by atoms with van der Waals surface area (Å²) < 4.78 is 10.8. The Hall–Kier alpha value is -0.380. The molecule has 4 heteroatoms. The molecule has 0 aliphatic carbocycles. The molecular formula is C9H13ClO3. The Morgan fingerprint density at radius 2 is 2.31 bits per heavy atom. The summed E-state index contributed by atoms with van der Waals surface area (Å²) in [5.74, 6) is -0.743. The van der Waals surface area contributed by atoms with Gasteiger partial charge in [-0.2, -0.15) is 0 Å². The zero-order valence-corrected chi connectivity index (χ0v) is 8.56. The molecule has 1 atom stereocenters. The van der Waals surface area contributed by atoms with Gasteiger partial charge in [-0.1, -0.05) is 6.08 Å². The molecule has 0 bridgehead atoms. The molecule has 1 saturated heterocycles. The van der Waals surface area contributed by atoms with Crippen molar-refractivity contribution in [1.29, 1.82) is 0 Å². The van der Waals surface area contributed by atoms with Gasteiger partial charge in [0.05, 0.1) is 6.61 Å². The fourth-order valence-corrected chi connectivity index (χ4v) is 1.50. The van der Waals surface area contributed by atoms with E-state index < -0.39 is 16.6 Å². The van der Waals surface area contributed by atoms with Crippen LogP contribution in [0.25, 0.3) is 0 Å². The Bertz CT molecular complexity index is 237. The highest BCUT2D eigenvalue weighted by Crippen LogP contribution is 2.35. The molecule has 0 aromatic rings. The normalized spacial score (nSPS) is 31.6. The number of carbonyl (C=O) groups is 1. The maximum Gasteiger partial charge on any atom is 0.256 e. The van der Waals surface area contributed by atoms with Crippen LogP contribution in [0.3, 0.4) is 0 Å². The van der Waals surface area contributed by atoms with Gasteiger partial charge in [-0.25, -0.2) is 0 Å². The number of hydrogen-bond donors (Lipinski definition) is 0. The zero-order chi connectivity index (χ0) is 10.1. The molecule has 0 N–H and O–H groups in total. The monoisotopic (exact) mass is 204 g/mol. The maximum absolute atomic E-state index is 11.2. The first kappa shape index (κ1) is 10.7. The molecule has 0 aromatic carbocycles. The predicted molar refractivity (Wildman–Crippen MR) is 49.5 cm³/mol. The van der Waals surface area contributed by atoms with Gasteiger partial charge >= 0.3 is 0 Å². The largest absolute Gasteiger partial charge is 0.347 e. The highest BCUT2D eigenvalue weighted by Gasteiger charge is 2.49. The molecule has 1 fully saturated rings. The van der Waals surface area contributed by atoms with E-state index in [1.807, 2.05) is 0 Å². The van der Waals surface area contributed by atoms with E-state index in [0.717, 1.165) is 0 Å². The lowest BCUT2D eigenvalue weighted by Gasteiger charge is -2.23. The van der Waals surface area contributed by atoms with E-state index in [1.165, 1.54) is 0 Å². The second kappa shape index (κ2) is 3.40. The minimum atomic E-state index is -1.03. The highest BCUT2D eigenvalue weighted by molar-refractivity contribution is 6.65. The standard InChI is InChI=1S/C9H13ClO3/c1-4-5-9(7(10)11)6-12-8(2,3)13-9/h4H,1,5-6H2,2-3H3. The minimum absolute atomic E-state index is 0.189. The van der Waals surface area contributed by atoms with Gasteiger partial charge in [0, 0.05) is 6.42 Å². The lowest BCUT2D eigenvalue weighted by molar-refractivity contribution is -0.166. The fraction of sp³-hybridized carbons (Fsp3) is 0.667. The molecule has 0 amide bonds. The summed E-state index contributed by atoms with van der Waals surface area (Å²) in [5, 5.41) is -0.530. The van der Waals surface area contributed by atoms with E-state index in [1.54, 1.807) is 19.9 Å². The quantitative estimate of drug-likeness (QED) is 0.520. The van der Waals surface area contributed by atoms with Crippen LogP contribution < -0.4 is 0 Å². The second-order valence-electron chi connectivity index (χ2n) is 3.55. The van der Waals surface area contributed by atoms with Gasteiger partial charge < -0.3 is 9.47 Å². The van der Waals surface area contributed by atoms with Gasteiger partial charge in [0.15, 0.2) is 11.4 Å². The Labute approximate surface area is 82.7 Å². The summed E-state index contributed by atoms with van der Waals surface area (Å²) in [6.45, 7) is 7.24. The van der Waals surface area contributed by atoms with E-state index in [-0.39, 0.29) is 6.61 Å². The number of rotatable bonds is 3. The van der Waals surface area contributed by atoms with Gasteiger partial charge in [0.25, 0.3) is 5.24 Å². The number of ether oxygens (including phenoxy) is 2. The molecule has 0 radical (unpaired) electrons. The zero-order valence-electron chi connectivity index (χ0n) is 7.80. The SMILES string of the molecule is C=CCC1(C(=O)Cl)COC(C)(C)O1. The summed E-state index contributed by atoms with van der Waals surface area (Å²) in [5.41, 5.74) is -1.03. The van der Waals surface area contributed by atoms with Crippen LogP contribution in [0.1, 0.15) is 20.3 Å². The molecule has 1 heterocycles. The maximum atomic E-state index is 11.2. The van der Waals surface area contributed by atoms with Crippen LogP contribution >= 0.6 is 11.6 Å². The smallest absolute Gasteiger partial charge is 0.256 e. The first-order valence-electron chi connectivity index (χ1n) is 4.07. The van der Waals surface area contributed by atoms with Crippen LogP contribution in [0, 0.1) is 0 Å². The predicted octanol–water partition coefficient (Wildman–Crippen LogP) is 1.85. The molecule has 1 aliphatic rings. The van der Waals surface area contributed by atoms with Crippen molar-refractivity contribution in [1.82, 2.24) is 0 Å². The summed E-state index contributed by atoms with van der Waals surface area (Å²) in [6.07, 6.45) is 1.98. The van der Waals surface area contributed by atoms with Crippen LogP contribution in [0.4, 0.5) is 0 Å². The third-order valence-electron chi connectivity index (χ3n) is 1.93. The van der Waals surface area contributed by atoms with Crippen molar-refractivity contribution in [3.05, 3.63) is 12.7 Å². The van der Waals surface area contributed by atoms with Crippen LogP contribution in [0.15, 0.2) is 12.7 Å². The molecular weight excluding hydrogens is 192 g/mol. The second-order valence-corrected chi connectivity index (χ2v) is 3.89. The Balaban J connectivity index is 2.83. The summed E-state index contributed by atoms with van der Waals surface area (Å²) in [7, 11) is 0. The third kappa shape index (κ3) is 2.10. The van der Waals surface area contributed by atoms with Crippen molar-refractivity contribution >= 4 is 16.8 Å². The molecule has 0 spiro atoms. The molecule has 3 nitrogen and oxygen atoms in total. The van der Waals surface area contributed by atoms with Crippen LogP contribution in [0.5, 0.6) is 0 Å². The van der Waals surface area contributed by atoms with Gasteiger partial charge in [-0.05, 0) is 25.4 Å². The molecule has 1 aliphatic heterocycles. The van der Waals surface area contributed by atoms with E-state index in [4.69, 9.17) is 21.1 Å². The molecule has 74 valence electrons. The van der Waals surface area contributed by atoms with Crippen molar-refractivity contribution in [3.8, 4) is 0 Å². The minimum Gasteiger partial charge on any atom is -0.347 e. The van der Waals surface area contributed by atoms with E-state index in [2.05, 4.69) is 6.58 Å². The topological polar surface area (TPSA) is 35.5 Å². The van der Waals surface area contributed by atoms with Gasteiger partial charge in [0.1, 0.15) is 0 Å². The van der Waals surface area contributed by atoms with E-state index in [0.29, 0.717) is 6.42 Å². The summed E-state index contributed by atoms with van der Waals surface area (Å²) in [4.78, 5) is 11.2. The Morgan fingerprint density at radius 1 is 1.69 bits per heavy atom. The molecule has 1 unspecified atom stereocenters. The average molecular weight is 205 g/mol. The number of halogens is 1. The van der Waals surface area contributed by atoms with Gasteiger partial charge in [-0.15, -0.1) is 6.58 Å². The van der Waals surface area contributed by atoms with Crippen LogP contribution in [-0.2, 0) is 14.3 Å². The van der Waals surface area contributed by atoms with Crippen LogP contribution in [0.2, 0.25) is 0 Å². The van der Waals surface area contributed by atoms with E-state index in [9.17, 15) is 4.79 Å². The first-order chi connectivity index (χ1) is 5.92. The average Bonchev–Trinajstić information content (AvgIpc) is 2.28. The Morgan fingerprint density at radius 3 is 2.62 bits per heavy atom. The van der Waals surface area contributed by atoms with Gasteiger partial charge in [0.2, 0.25) is 0 Å². The molecule has 1 rings (SSSR count). The van der Waals surface area contributed by atoms with Crippen molar-refractivity contribution < 1.29 is 14.3 Å². The van der Waals surface area contributed by atoms with Crippen molar-refractivity contribution in [3.63, 3.8) is 0 Å². The fourth-order valence-electron chi connectivity index (χ4n) is 1.33. The summed E-state index contributed by atoms with van der Waals surface area (Å²) in [6, 6.07) is 0. The number of hydrogen-bond acceptors (Lipinski definition) is 3.